The molecule has 1 aromatic rings. The van der Waals surface area contributed by atoms with Crippen LogP contribution in [0, 0.1) is 5.92 Å². The minimum atomic E-state index is -0.145. The predicted molar refractivity (Wildman–Crippen MR) is 75.8 cm³/mol. The quantitative estimate of drug-likeness (QED) is 0.817. The van der Waals surface area contributed by atoms with Gasteiger partial charge in [0.15, 0.2) is 0 Å². The molecule has 2 fully saturated rings. The van der Waals surface area contributed by atoms with Gasteiger partial charge >= 0.3 is 0 Å². The van der Waals surface area contributed by atoms with Gasteiger partial charge in [0.25, 0.3) is 0 Å². The molecular formula is C15H23NOS. The highest BCUT2D eigenvalue weighted by Crippen LogP contribution is 2.43. The molecule has 3 heteroatoms. The summed E-state index contributed by atoms with van der Waals surface area (Å²) in [5, 5.41) is 16.2. The van der Waals surface area contributed by atoms with E-state index in [9.17, 15) is 5.11 Å². The Kier molecular flexibility index (Phi) is 4.02. The minimum Gasteiger partial charge on any atom is -0.392 e. The van der Waals surface area contributed by atoms with Crippen molar-refractivity contribution >= 4 is 11.3 Å². The van der Waals surface area contributed by atoms with Gasteiger partial charge in [0.2, 0.25) is 0 Å². The Bertz CT molecular complexity index is 361. The van der Waals surface area contributed by atoms with E-state index in [4.69, 9.17) is 0 Å². The lowest BCUT2D eigenvalue weighted by atomic mass is 10.0. The smallest absolute Gasteiger partial charge is 0.0693 e. The third-order valence-electron chi connectivity index (χ3n) is 4.32. The first-order valence-corrected chi connectivity index (χ1v) is 8.20. The van der Waals surface area contributed by atoms with Crippen molar-refractivity contribution in [3.8, 4) is 0 Å². The van der Waals surface area contributed by atoms with Crippen LogP contribution < -0.4 is 5.32 Å². The summed E-state index contributed by atoms with van der Waals surface area (Å²) in [4.78, 5) is 1.45. The molecule has 3 rings (SSSR count). The molecule has 0 radical (unpaired) electrons. The molecule has 0 bridgehead atoms. The standard InChI is InChI=1S/C15H23NOS/c17-13-6-3-1-2-5-12(13)16-15(11-8-9-11)14-7-4-10-18-14/h4,7,10-13,15-17H,1-3,5-6,8-9H2. The Labute approximate surface area is 113 Å². The molecule has 0 amide bonds. The Hall–Kier alpha value is -0.380. The molecule has 1 aromatic heterocycles. The van der Waals surface area contributed by atoms with Crippen LogP contribution in [-0.4, -0.2) is 17.3 Å². The molecule has 2 aliphatic rings. The molecule has 0 aromatic carbocycles. The van der Waals surface area contributed by atoms with Gasteiger partial charge in [-0.1, -0.05) is 25.3 Å². The zero-order chi connectivity index (χ0) is 12.4. The lowest BCUT2D eigenvalue weighted by molar-refractivity contribution is 0.112. The summed E-state index contributed by atoms with van der Waals surface area (Å²) in [6.07, 6.45) is 8.38. The van der Waals surface area contributed by atoms with Gasteiger partial charge in [0.1, 0.15) is 0 Å². The molecule has 18 heavy (non-hydrogen) atoms. The first-order valence-electron chi connectivity index (χ1n) is 7.32. The van der Waals surface area contributed by atoms with Crippen LogP contribution in [0.25, 0.3) is 0 Å². The van der Waals surface area contributed by atoms with E-state index in [1.165, 1.54) is 37.0 Å². The fraction of sp³-hybridized carbons (Fsp3) is 0.733. The molecule has 2 saturated carbocycles. The minimum absolute atomic E-state index is 0.145. The molecule has 1 heterocycles. The van der Waals surface area contributed by atoms with Gasteiger partial charge in [0, 0.05) is 17.0 Å². The van der Waals surface area contributed by atoms with E-state index in [0.717, 1.165) is 18.8 Å². The fourth-order valence-electron chi connectivity index (χ4n) is 3.06. The average Bonchev–Trinajstić information content (AvgIpc) is 3.10. The molecule has 100 valence electrons. The first-order chi connectivity index (χ1) is 8.84. The van der Waals surface area contributed by atoms with E-state index < -0.39 is 0 Å². The number of nitrogens with one attached hydrogen (secondary N) is 1. The van der Waals surface area contributed by atoms with Crippen LogP contribution >= 0.6 is 11.3 Å². The van der Waals surface area contributed by atoms with Crippen molar-refractivity contribution in [1.29, 1.82) is 0 Å². The maximum Gasteiger partial charge on any atom is 0.0693 e. The summed E-state index contributed by atoms with van der Waals surface area (Å²) in [5.74, 6) is 0.805. The number of aliphatic hydroxyl groups is 1. The predicted octanol–water partition coefficient (Wildman–Crippen LogP) is 3.48. The molecule has 2 N–H and O–H groups in total. The number of aliphatic hydroxyl groups excluding tert-OH is 1. The Morgan fingerprint density at radius 1 is 1.17 bits per heavy atom. The summed E-state index contributed by atoms with van der Waals surface area (Å²) in [6.45, 7) is 0. The van der Waals surface area contributed by atoms with Crippen molar-refractivity contribution in [2.24, 2.45) is 5.92 Å². The van der Waals surface area contributed by atoms with Crippen molar-refractivity contribution in [1.82, 2.24) is 5.32 Å². The monoisotopic (exact) mass is 265 g/mol. The summed E-state index contributed by atoms with van der Waals surface area (Å²) in [7, 11) is 0. The third-order valence-corrected chi connectivity index (χ3v) is 5.27. The number of rotatable bonds is 4. The van der Waals surface area contributed by atoms with E-state index in [1.54, 1.807) is 0 Å². The average molecular weight is 265 g/mol. The Balaban J connectivity index is 1.68. The Morgan fingerprint density at radius 3 is 2.72 bits per heavy atom. The van der Waals surface area contributed by atoms with Crippen LogP contribution in [-0.2, 0) is 0 Å². The second-order valence-electron chi connectivity index (χ2n) is 5.81. The van der Waals surface area contributed by atoms with Crippen LogP contribution in [0.3, 0.4) is 0 Å². The van der Waals surface area contributed by atoms with Gasteiger partial charge in [-0.2, -0.15) is 0 Å². The highest BCUT2D eigenvalue weighted by atomic mass is 32.1. The van der Waals surface area contributed by atoms with Gasteiger partial charge in [-0.15, -0.1) is 11.3 Å². The van der Waals surface area contributed by atoms with Gasteiger partial charge in [0.05, 0.1) is 6.10 Å². The zero-order valence-electron chi connectivity index (χ0n) is 10.8. The molecule has 0 aliphatic heterocycles. The molecule has 3 atom stereocenters. The van der Waals surface area contributed by atoms with Crippen molar-refractivity contribution in [2.75, 3.05) is 0 Å². The molecular weight excluding hydrogens is 242 g/mol. The number of hydrogen-bond donors (Lipinski definition) is 2. The second-order valence-corrected chi connectivity index (χ2v) is 6.79. The van der Waals surface area contributed by atoms with Crippen molar-refractivity contribution < 1.29 is 5.11 Å². The van der Waals surface area contributed by atoms with E-state index in [1.807, 2.05) is 11.3 Å². The van der Waals surface area contributed by atoms with Gasteiger partial charge in [-0.25, -0.2) is 0 Å². The van der Waals surface area contributed by atoms with E-state index in [-0.39, 0.29) is 6.10 Å². The molecule has 0 spiro atoms. The van der Waals surface area contributed by atoms with Crippen molar-refractivity contribution in [3.63, 3.8) is 0 Å². The summed E-state index contributed by atoms with van der Waals surface area (Å²) >= 11 is 1.85. The number of hydrogen-bond acceptors (Lipinski definition) is 3. The van der Waals surface area contributed by atoms with Crippen LogP contribution in [0.5, 0.6) is 0 Å². The second kappa shape index (κ2) is 5.72. The maximum absolute atomic E-state index is 10.2. The molecule has 2 nitrogen and oxygen atoms in total. The highest BCUT2D eigenvalue weighted by molar-refractivity contribution is 7.10. The third kappa shape index (κ3) is 2.95. The van der Waals surface area contributed by atoms with Crippen LogP contribution in [0.1, 0.15) is 55.9 Å². The van der Waals surface area contributed by atoms with Crippen LogP contribution in [0.4, 0.5) is 0 Å². The van der Waals surface area contributed by atoms with Gasteiger partial charge < -0.3 is 10.4 Å². The van der Waals surface area contributed by atoms with Gasteiger partial charge in [-0.3, -0.25) is 0 Å². The SMILES string of the molecule is OC1CCCCCC1NC(c1cccs1)C1CC1. The lowest BCUT2D eigenvalue weighted by Crippen LogP contribution is -2.41. The zero-order valence-corrected chi connectivity index (χ0v) is 11.7. The summed E-state index contributed by atoms with van der Waals surface area (Å²) in [5.41, 5.74) is 0. The summed E-state index contributed by atoms with van der Waals surface area (Å²) in [6, 6.07) is 5.17. The number of thiophene rings is 1. The van der Waals surface area contributed by atoms with Crippen molar-refractivity contribution in [2.45, 2.75) is 63.1 Å². The van der Waals surface area contributed by atoms with Crippen LogP contribution in [0.15, 0.2) is 17.5 Å². The molecule has 0 saturated heterocycles. The van der Waals surface area contributed by atoms with Gasteiger partial charge in [-0.05, 0) is 43.0 Å². The normalized spacial score (nSPS) is 30.9. The lowest BCUT2D eigenvalue weighted by Gasteiger charge is -2.27. The first kappa shape index (κ1) is 12.6. The highest BCUT2D eigenvalue weighted by Gasteiger charge is 2.35. The Morgan fingerprint density at radius 2 is 2.00 bits per heavy atom. The maximum atomic E-state index is 10.2. The van der Waals surface area contributed by atoms with E-state index >= 15 is 0 Å². The topological polar surface area (TPSA) is 32.3 Å². The van der Waals surface area contributed by atoms with E-state index in [0.29, 0.717) is 12.1 Å². The van der Waals surface area contributed by atoms with E-state index in [2.05, 4.69) is 22.8 Å². The largest absolute Gasteiger partial charge is 0.392 e. The summed E-state index contributed by atoms with van der Waals surface area (Å²) < 4.78 is 0. The van der Waals surface area contributed by atoms with Crippen LogP contribution in [0.2, 0.25) is 0 Å². The molecule has 3 unspecified atom stereocenters. The fourth-order valence-corrected chi connectivity index (χ4v) is 3.94. The van der Waals surface area contributed by atoms with Crippen molar-refractivity contribution in [3.05, 3.63) is 22.4 Å². The molecule has 2 aliphatic carbocycles.